The van der Waals surface area contributed by atoms with E-state index in [2.05, 4.69) is 14.8 Å². The largest absolute Gasteiger partial charge is 0.573 e. The Labute approximate surface area is 232 Å². The molecule has 0 saturated carbocycles. The molecule has 0 fully saturated rings. The number of hydroxylamine groups is 2. The fraction of sp³-hybridized carbons (Fsp3) is 0.400. The summed E-state index contributed by atoms with van der Waals surface area (Å²) in [5, 5.41) is 2.95. The van der Waals surface area contributed by atoms with E-state index in [9.17, 15) is 23.3 Å². The van der Waals surface area contributed by atoms with Crippen LogP contribution in [0.15, 0.2) is 24.3 Å². The van der Waals surface area contributed by atoms with Gasteiger partial charge in [-0.3, -0.25) is 9.63 Å². The van der Waals surface area contributed by atoms with Crippen molar-refractivity contribution in [1.82, 2.24) is 14.1 Å². The first-order chi connectivity index (χ1) is 18.6. The van der Waals surface area contributed by atoms with E-state index in [4.69, 9.17) is 9.57 Å². The van der Waals surface area contributed by atoms with Gasteiger partial charge in [-0.15, -0.1) is 4.72 Å². The number of carbonyl (C=O) groups is 3. The minimum Gasteiger partial charge on any atom is -0.573 e. The molecule has 0 spiro atoms. The smallest absolute Gasteiger partial charge is 0.454 e. The Balaban J connectivity index is 2.42. The monoisotopic (exact) mass is 588 g/mol. The van der Waals surface area contributed by atoms with Crippen LogP contribution in [-0.4, -0.2) is 65.3 Å². The molecular weight excluding hydrogens is 557 g/mol. The van der Waals surface area contributed by atoms with Crippen molar-refractivity contribution in [3.05, 3.63) is 58.4 Å². The molecular formula is C25H31F3N4O7S. The number of benzene rings is 2. The molecule has 1 atom stereocenters. The lowest BCUT2D eigenvalue weighted by Crippen LogP contribution is -2.50. The average Bonchev–Trinajstić information content (AvgIpc) is 2.88. The fourth-order valence-corrected chi connectivity index (χ4v) is 3.89. The summed E-state index contributed by atoms with van der Waals surface area (Å²) in [7, 11) is 3.34. The number of nitrogens with zero attached hydrogens (tertiary/aromatic N) is 2. The predicted molar refractivity (Wildman–Crippen MR) is 140 cm³/mol. The van der Waals surface area contributed by atoms with Gasteiger partial charge >= 0.3 is 12.1 Å². The van der Waals surface area contributed by atoms with Crippen molar-refractivity contribution in [1.29, 1.82) is 0 Å². The second-order valence-corrected chi connectivity index (χ2v) is 10.6. The van der Waals surface area contributed by atoms with E-state index in [0.29, 0.717) is 14.9 Å². The molecule has 2 rings (SSSR count). The van der Waals surface area contributed by atoms with Crippen LogP contribution in [0, 0.1) is 24.4 Å². The van der Waals surface area contributed by atoms with Crippen molar-refractivity contribution >= 4 is 40.9 Å². The summed E-state index contributed by atoms with van der Waals surface area (Å²) in [5.74, 6) is -5.86. The Bertz CT molecular complexity index is 1260. The maximum absolute atomic E-state index is 15.3. The molecule has 1 unspecified atom stereocenters. The van der Waals surface area contributed by atoms with Crippen LogP contribution in [0.1, 0.15) is 42.3 Å². The number of hydrogen-bond donors (Lipinski definition) is 2. The number of hydrogen-bond acceptors (Lipinski definition) is 9. The molecule has 2 aromatic rings. The van der Waals surface area contributed by atoms with Crippen molar-refractivity contribution in [2.45, 2.75) is 39.8 Å². The molecule has 0 heterocycles. The molecule has 0 aliphatic heterocycles. The zero-order valence-corrected chi connectivity index (χ0v) is 23.8. The number of rotatable bonds is 10. The molecule has 0 aromatic heterocycles. The highest BCUT2D eigenvalue weighted by Crippen LogP contribution is 2.31. The number of aryl methyl sites for hydroxylation is 1. The molecule has 15 heteroatoms. The highest BCUT2D eigenvalue weighted by Gasteiger charge is 2.35. The summed E-state index contributed by atoms with van der Waals surface area (Å²) < 4.78 is 69.9. The first-order valence-electron chi connectivity index (χ1n) is 11.7. The number of anilines is 2. The fourth-order valence-electron chi connectivity index (χ4n) is 3.27. The van der Waals surface area contributed by atoms with Gasteiger partial charge in [0.1, 0.15) is 11.4 Å². The van der Waals surface area contributed by atoms with E-state index >= 15 is 8.78 Å². The summed E-state index contributed by atoms with van der Waals surface area (Å²) in [6, 6.07) is 4.88. The van der Waals surface area contributed by atoms with Crippen LogP contribution in [0.25, 0.3) is 0 Å². The van der Waals surface area contributed by atoms with Crippen LogP contribution in [-0.2, 0) is 37.2 Å². The number of carbonyl (C=O) groups excluding carboxylic acids is 3. The van der Waals surface area contributed by atoms with Crippen LogP contribution < -0.4 is 10.0 Å². The topological polar surface area (TPSA) is 132 Å². The first kappa shape index (κ1) is 32.7. The van der Waals surface area contributed by atoms with Gasteiger partial charge in [0.15, 0.2) is 29.7 Å². The lowest BCUT2D eigenvalue weighted by atomic mass is 10.1. The highest BCUT2D eigenvalue weighted by atomic mass is 32.2. The van der Waals surface area contributed by atoms with Crippen molar-refractivity contribution in [3.63, 3.8) is 0 Å². The predicted octanol–water partition coefficient (Wildman–Crippen LogP) is 3.87. The molecule has 11 nitrogen and oxygen atoms in total. The van der Waals surface area contributed by atoms with Gasteiger partial charge in [-0.2, -0.15) is 0 Å². The van der Waals surface area contributed by atoms with Gasteiger partial charge in [0.25, 0.3) is 5.91 Å². The van der Waals surface area contributed by atoms with Crippen molar-refractivity contribution in [3.8, 4) is 0 Å². The Morgan fingerprint density at radius 1 is 1.07 bits per heavy atom. The van der Waals surface area contributed by atoms with Crippen LogP contribution in [0.5, 0.6) is 0 Å². The molecule has 220 valence electrons. The zero-order chi connectivity index (χ0) is 30.4. The van der Waals surface area contributed by atoms with Crippen LogP contribution in [0.3, 0.4) is 0 Å². The Morgan fingerprint density at radius 3 is 2.25 bits per heavy atom. The van der Waals surface area contributed by atoms with E-state index < -0.39 is 82.5 Å². The number of esters is 1. The van der Waals surface area contributed by atoms with Gasteiger partial charge in [0, 0.05) is 12.6 Å². The maximum atomic E-state index is 15.3. The normalized spacial score (nSPS) is 12.0. The minimum absolute atomic E-state index is 0.227. The first-order valence-corrected chi connectivity index (χ1v) is 12.8. The van der Waals surface area contributed by atoms with Gasteiger partial charge in [0.2, 0.25) is 0 Å². The highest BCUT2D eigenvalue weighted by molar-refractivity contribution is 7.87. The zero-order valence-electron chi connectivity index (χ0n) is 23.0. The maximum Gasteiger partial charge on any atom is 0.454 e. The van der Waals surface area contributed by atoms with E-state index in [1.165, 1.54) is 19.2 Å². The standard InChI is InChI=1S/C25H31F3N4O7S/c1-14-8-9-18(17(26)10-14)30-22-16(23(34)37-6)11-15(20(27)21(22)28)12-31(38-7)19(33)13-32(40(36)29-5)24(35)39-25(2,3)4/h8-11,29-30H,12-13H2,1-7H3. The summed E-state index contributed by atoms with van der Waals surface area (Å²) in [6.07, 6.45) is -1.09. The molecule has 0 saturated heterocycles. The van der Waals surface area contributed by atoms with E-state index in [1.54, 1.807) is 27.7 Å². The Morgan fingerprint density at radius 2 is 1.73 bits per heavy atom. The second kappa shape index (κ2) is 13.7. The van der Waals surface area contributed by atoms with Gasteiger partial charge in [-0.05, 0) is 51.5 Å². The van der Waals surface area contributed by atoms with Gasteiger partial charge in [-0.25, -0.2) is 27.8 Å². The average molecular weight is 589 g/mol. The molecule has 2 aromatic carbocycles. The van der Waals surface area contributed by atoms with Crippen LogP contribution in [0.2, 0.25) is 0 Å². The van der Waals surface area contributed by atoms with E-state index in [-0.39, 0.29) is 5.69 Å². The molecule has 0 radical (unpaired) electrons. The van der Waals surface area contributed by atoms with Gasteiger partial charge in [-0.1, -0.05) is 10.4 Å². The van der Waals surface area contributed by atoms with Crippen molar-refractivity contribution in [2.24, 2.45) is 0 Å². The summed E-state index contributed by atoms with van der Waals surface area (Å²) in [5.41, 5.74) is -2.32. The number of halogens is 3. The number of ether oxygens (including phenoxy) is 2. The lowest BCUT2D eigenvalue weighted by Gasteiger charge is -2.28. The third-order valence-electron chi connectivity index (χ3n) is 5.13. The Kier molecular flexibility index (Phi) is 11.2. The third kappa shape index (κ3) is 8.24. The molecule has 0 bridgehead atoms. The van der Waals surface area contributed by atoms with Crippen LogP contribution in [0.4, 0.5) is 29.3 Å². The number of amides is 2. The van der Waals surface area contributed by atoms with Crippen molar-refractivity contribution in [2.75, 3.05) is 33.1 Å². The Hall–Kier alpha value is -3.53. The minimum atomic E-state index is -2.19. The lowest BCUT2D eigenvalue weighted by molar-refractivity contribution is -0.179. The van der Waals surface area contributed by atoms with E-state index in [0.717, 1.165) is 26.4 Å². The molecule has 2 N–H and O–H groups in total. The van der Waals surface area contributed by atoms with Crippen molar-refractivity contribution < 1.29 is 46.4 Å². The van der Waals surface area contributed by atoms with Gasteiger partial charge < -0.3 is 19.3 Å². The number of nitrogens with one attached hydrogen (secondary N) is 2. The SMILES string of the molecule is CN[S+]([O-])N(CC(=O)N(Cc1cc(C(=O)OC)c(Nc2ccc(C)cc2F)c(F)c1F)OC)C(=O)OC(C)(C)C. The molecule has 0 aliphatic rings. The second-order valence-electron chi connectivity index (χ2n) is 9.27. The summed E-state index contributed by atoms with van der Waals surface area (Å²) >= 11 is -2.19. The quantitative estimate of drug-likeness (QED) is 0.241. The van der Waals surface area contributed by atoms with E-state index in [1.807, 2.05) is 0 Å². The summed E-state index contributed by atoms with van der Waals surface area (Å²) in [6.45, 7) is 4.75. The number of methoxy groups -OCH3 is 1. The van der Waals surface area contributed by atoms with Gasteiger partial charge in [0.05, 0.1) is 37.7 Å². The molecule has 2 amide bonds. The molecule has 0 aliphatic carbocycles. The third-order valence-corrected chi connectivity index (χ3v) is 6.16. The van der Waals surface area contributed by atoms with Crippen LogP contribution >= 0.6 is 0 Å². The molecule has 40 heavy (non-hydrogen) atoms. The summed E-state index contributed by atoms with van der Waals surface area (Å²) in [4.78, 5) is 42.9.